The van der Waals surface area contributed by atoms with Crippen molar-refractivity contribution in [1.29, 1.82) is 0 Å². The summed E-state index contributed by atoms with van der Waals surface area (Å²) in [7, 11) is 0. The minimum atomic E-state index is 0.494. The van der Waals surface area contributed by atoms with Crippen LogP contribution in [0.1, 0.15) is 105 Å². The number of rotatable bonds is 8. The van der Waals surface area contributed by atoms with Crippen molar-refractivity contribution in [3.63, 3.8) is 0 Å². The normalized spacial score (nSPS) is 29.0. The molecule has 0 heteroatoms. The highest BCUT2D eigenvalue weighted by Crippen LogP contribution is 2.53. The summed E-state index contributed by atoms with van der Waals surface area (Å²) in [5.41, 5.74) is 5.50. The maximum Gasteiger partial charge on any atom is -0.00818 e. The van der Waals surface area contributed by atoms with Gasteiger partial charge < -0.3 is 0 Å². The first-order valence-electron chi connectivity index (χ1n) is 11.1. The van der Waals surface area contributed by atoms with E-state index in [1.54, 1.807) is 16.7 Å². The minimum Gasteiger partial charge on any atom is -0.0844 e. The van der Waals surface area contributed by atoms with Gasteiger partial charge in [-0.25, -0.2) is 0 Å². The van der Waals surface area contributed by atoms with Gasteiger partial charge in [-0.05, 0) is 68.6 Å². The zero-order valence-corrected chi connectivity index (χ0v) is 17.7. The third-order valence-electron chi connectivity index (χ3n) is 6.77. The number of fused-ring (bicyclic) bond motifs is 1. The van der Waals surface area contributed by atoms with Crippen molar-refractivity contribution < 1.29 is 0 Å². The molecule has 142 valence electrons. The van der Waals surface area contributed by atoms with Crippen LogP contribution in [0.2, 0.25) is 0 Å². The Hall–Kier alpha value is -0.780. The molecule has 0 saturated heterocycles. The maximum atomic E-state index is 2.60. The topological polar surface area (TPSA) is 0 Å². The fourth-order valence-electron chi connectivity index (χ4n) is 5.02. The average Bonchev–Trinajstić information content (AvgIpc) is 2.58. The van der Waals surface area contributed by atoms with Gasteiger partial charge in [0.1, 0.15) is 0 Å². The summed E-state index contributed by atoms with van der Waals surface area (Å²) >= 11 is 0. The van der Waals surface area contributed by atoms with Crippen LogP contribution >= 0.6 is 0 Å². The summed E-state index contributed by atoms with van der Waals surface area (Å²) in [5, 5.41) is 0. The second kappa shape index (κ2) is 9.79. The van der Waals surface area contributed by atoms with Crippen molar-refractivity contribution in [2.45, 2.75) is 105 Å². The van der Waals surface area contributed by atoms with Gasteiger partial charge in [0, 0.05) is 0 Å². The quantitative estimate of drug-likeness (QED) is 0.307. The highest BCUT2D eigenvalue weighted by atomic mass is 14.5. The molecule has 2 rings (SSSR count). The maximum absolute atomic E-state index is 2.60. The zero-order valence-electron chi connectivity index (χ0n) is 17.7. The van der Waals surface area contributed by atoms with E-state index in [-0.39, 0.29) is 0 Å². The molecule has 0 aromatic carbocycles. The highest BCUT2D eigenvalue weighted by Gasteiger charge is 2.41. The molecule has 0 aromatic heterocycles. The SMILES string of the molecule is CC/C=C(\C=C1\CC[C@@]2(C)C(=CCC[C@@H]2CCCCC(C)C)C1)CC. The zero-order chi connectivity index (χ0) is 18.3. The molecule has 2 aliphatic rings. The number of allylic oxidation sites excluding steroid dienone is 6. The van der Waals surface area contributed by atoms with Gasteiger partial charge in [-0.2, -0.15) is 0 Å². The van der Waals surface area contributed by atoms with Crippen molar-refractivity contribution in [2.24, 2.45) is 17.3 Å². The van der Waals surface area contributed by atoms with E-state index in [2.05, 4.69) is 52.8 Å². The molecule has 0 spiro atoms. The van der Waals surface area contributed by atoms with Crippen molar-refractivity contribution in [1.82, 2.24) is 0 Å². The molecule has 0 amide bonds. The van der Waals surface area contributed by atoms with E-state index >= 15 is 0 Å². The van der Waals surface area contributed by atoms with E-state index in [0.717, 1.165) is 18.3 Å². The van der Waals surface area contributed by atoms with Crippen LogP contribution in [0.3, 0.4) is 0 Å². The standard InChI is InChI=1S/C25H42/c1-6-11-21(7-2)18-22-16-17-25(5)23(13-9-8-12-20(3)4)14-10-15-24(25)19-22/h11,15,18,20,23H,6-10,12-14,16-17,19H2,1-5H3/b21-11-,22-18-/t23-,25+/m0/s1. The average molecular weight is 343 g/mol. The molecule has 0 bridgehead atoms. The summed E-state index contributed by atoms with van der Waals surface area (Å²) < 4.78 is 0. The van der Waals surface area contributed by atoms with Crippen LogP contribution in [-0.4, -0.2) is 0 Å². The molecule has 1 saturated carbocycles. The van der Waals surface area contributed by atoms with E-state index in [0.29, 0.717) is 5.41 Å². The lowest BCUT2D eigenvalue weighted by Gasteiger charge is -2.47. The Balaban J connectivity index is 2.00. The Morgan fingerprint density at radius 1 is 1.28 bits per heavy atom. The van der Waals surface area contributed by atoms with E-state index in [9.17, 15) is 0 Å². The van der Waals surface area contributed by atoms with Crippen LogP contribution < -0.4 is 0 Å². The third kappa shape index (κ3) is 5.60. The van der Waals surface area contributed by atoms with E-state index in [4.69, 9.17) is 0 Å². The second-order valence-electron chi connectivity index (χ2n) is 9.12. The van der Waals surface area contributed by atoms with Crippen molar-refractivity contribution in [2.75, 3.05) is 0 Å². The first kappa shape index (κ1) is 20.5. The van der Waals surface area contributed by atoms with Crippen LogP contribution in [-0.2, 0) is 0 Å². The first-order valence-corrected chi connectivity index (χ1v) is 11.1. The second-order valence-corrected chi connectivity index (χ2v) is 9.12. The summed E-state index contributed by atoms with van der Waals surface area (Å²) in [6.45, 7) is 11.8. The highest BCUT2D eigenvalue weighted by molar-refractivity contribution is 5.33. The Morgan fingerprint density at radius 3 is 2.76 bits per heavy atom. The van der Waals surface area contributed by atoms with E-state index in [1.807, 2.05) is 0 Å². The molecule has 25 heavy (non-hydrogen) atoms. The van der Waals surface area contributed by atoms with Gasteiger partial charge in [-0.1, -0.05) is 88.8 Å². The molecule has 0 nitrogen and oxygen atoms in total. The molecular formula is C25H42. The van der Waals surface area contributed by atoms with Gasteiger partial charge in [-0.15, -0.1) is 0 Å². The lowest BCUT2D eigenvalue weighted by molar-refractivity contribution is 0.162. The number of hydrogen-bond donors (Lipinski definition) is 0. The predicted molar refractivity (Wildman–Crippen MR) is 113 cm³/mol. The van der Waals surface area contributed by atoms with Crippen LogP contribution in [0.5, 0.6) is 0 Å². The lowest BCUT2D eigenvalue weighted by atomic mass is 9.58. The molecule has 0 radical (unpaired) electrons. The molecule has 0 unspecified atom stereocenters. The van der Waals surface area contributed by atoms with Crippen molar-refractivity contribution >= 4 is 0 Å². The number of unbranched alkanes of at least 4 members (excludes halogenated alkanes) is 1. The molecular weight excluding hydrogens is 300 g/mol. The predicted octanol–water partition coefficient (Wildman–Crippen LogP) is 8.40. The molecule has 0 N–H and O–H groups in total. The van der Waals surface area contributed by atoms with Gasteiger partial charge in [0.05, 0.1) is 0 Å². The van der Waals surface area contributed by atoms with Gasteiger partial charge in [0.15, 0.2) is 0 Å². The van der Waals surface area contributed by atoms with Crippen LogP contribution in [0.25, 0.3) is 0 Å². The smallest absolute Gasteiger partial charge is 0.00818 e. The summed E-state index contributed by atoms with van der Waals surface area (Å²) in [6, 6.07) is 0. The minimum absolute atomic E-state index is 0.494. The fraction of sp³-hybridized carbons (Fsp3) is 0.760. The van der Waals surface area contributed by atoms with Crippen LogP contribution in [0.4, 0.5) is 0 Å². The first-order chi connectivity index (χ1) is 12.0. The fourth-order valence-corrected chi connectivity index (χ4v) is 5.02. The van der Waals surface area contributed by atoms with Gasteiger partial charge >= 0.3 is 0 Å². The summed E-state index contributed by atoms with van der Waals surface area (Å²) in [6.07, 6.45) is 22.3. The third-order valence-corrected chi connectivity index (χ3v) is 6.77. The summed E-state index contributed by atoms with van der Waals surface area (Å²) in [4.78, 5) is 0. The molecule has 2 aliphatic carbocycles. The Bertz CT molecular complexity index is 502. The van der Waals surface area contributed by atoms with Gasteiger partial charge in [-0.3, -0.25) is 0 Å². The Kier molecular flexibility index (Phi) is 8.04. The molecule has 0 heterocycles. The molecule has 2 atom stereocenters. The largest absolute Gasteiger partial charge is 0.0844 e. The monoisotopic (exact) mass is 342 g/mol. The molecule has 0 aliphatic heterocycles. The van der Waals surface area contributed by atoms with E-state index in [1.165, 1.54) is 64.2 Å². The molecule has 0 aromatic rings. The Morgan fingerprint density at radius 2 is 2.08 bits per heavy atom. The lowest BCUT2D eigenvalue weighted by Crippen LogP contribution is -2.35. The Labute approximate surface area is 157 Å². The molecule has 1 fully saturated rings. The summed E-state index contributed by atoms with van der Waals surface area (Å²) in [5.74, 6) is 1.79. The van der Waals surface area contributed by atoms with E-state index < -0.39 is 0 Å². The van der Waals surface area contributed by atoms with Crippen LogP contribution in [0, 0.1) is 17.3 Å². The van der Waals surface area contributed by atoms with Crippen molar-refractivity contribution in [3.05, 3.63) is 34.9 Å². The number of hydrogen-bond acceptors (Lipinski definition) is 0. The van der Waals surface area contributed by atoms with Crippen molar-refractivity contribution in [3.8, 4) is 0 Å². The van der Waals surface area contributed by atoms with Crippen LogP contribution in [0.15, 0.2) is 34.9 Å². The van der Waals surface area contributed by atoms with Gasteiger partial charge in [0.2, 0.25) is 0 Å². The van der Waals surface area contributed by atoms with Gasteiger partial charge in [0.25, 0.3) is 0 Å².